The molecule has 0 amide bonds. The van der Waals surface area contributed by atoms with E-state index in [4.69, 9.17) is 14.7 Å². The van der Waals surface area contributed by atoms with Crippen molar-refractivity contribution in [3.05, 3.63) is 0 Å². The Morgan fingerprint density at radius 1 is 1.08 bits per heavy atom. The van der Waals surface area contributed by atoms with Crippen molar-refractivity contribution in [1.82, 2.24) is 0 Å². The molecule has 0 aromatic heterocycles. The zero-order valence-corrected chi connectivity index (χ0v) is 11.5. The van der Waals surface area contributed by atoms with Crippen LogP contribution in [0.4, 0.5) is 0 Å². The smallest absolute Gasteiger partial charge is 0.297 e. The fraction of sp³-hybridized carbons (Fsp3) is 0. The molecule has 2 unspecified atom stereocenters. The van der Waals surface area contributed by atoms with Crippen molar-refractivity contribution in [3.8, 4) is 0 Å². The molecule has 0 heterocycles. The van der Waals surface area contributed by atoms with Gasteiger partial charge in [0.2, 0.25) is 0 Å². The van der Waals surface area contributed by atoms with Gasteiger partial charge in [-0.1, -0.05) is 0 Å². The molecule has 2 atom stereocenters. The maximum absolute atomic E-state index is 10.3. The van der Waals surface area contributed by atoms with Crippen LogP contribution in [0.3, 0.4) is 0 Å². The van der Waals surface area contributed by atoms with E-state index in [0.29, 0.717) is 0 Å². The van der Waals surface area contributed by atoms with Crippen LogP contribution >= 0.6 is 24.3 Å². The van der Waals surface area contributed by atoms with Gasteiger partial charge in [0.25, 0.3) is 0 Å². The van der Waals surface area contributed by atoms with Crippen LogP contribution in [0, 0.1) is 0 Å². The van der Waals surface area contributed by atoms with Gasteiger partial charge in [-0.2, -0.15) is 0 Å². The molecule has 0 aliphatic carbocycles. The number of hydrogen-bond donors (Lipinski definition) is 3. The van der Waals surface area contributed by atoms with Gasteiger partial charge in [0.15, 0.2) is 0 Å². The van der Waals surface area contributed by atoms with Crippen molar-refractivity contribution < 1.29 is 62.8 Å². The van der Waals surface area contributed by atoms with E-state index < -0.39 is 24.3 Å². The molecule has 0 radical (unpaired) electrons. The predicted molar refractivity (Wildman–Crippen MR) is 31.6 cm³/mol. The molecule has 0 aliphatic heterocycles. The second-order valence-electron chi connectivity index (χ2n) is 1.11. The third-order valence-electron chi connectivity index (χ3n) is 0.346. The Morgan fingerprint density at radius 2 is 1.33 bits per heavy atom. The Morgan fingerprint density at radius 3 is 1.50 bits per heavy atom. The zero-order valence-electron chi connectivity index (χ0n) is 5.22. The molecule has 0 fully saturated rings. The van der Waals surface area contributed by atoms with E-state index in [-0.39, 0.29) is 25.8 Å². The Labute approximate surface area is 87.2 Å². The van der Waals surface area contributed by atoms with Crippen LogP contribution in [0.1, 0.15) is 0 Å². The average molecular weight is 402 g/mol. The van der Waals surface area contributed by atoms with Gasteiger partial charge in [0, 0.05) is 43.6 Å². The van der Waals surface area contributed by atoms with Crippen molar-refractivity contribution in [2.75, 3.05) is 0 Å². The van der Waals surface area contributed by atoms with Gasteiger partial charge in [-0.3, -0.25) is 4.89 Å². The second-order valence-corrected chi connectivity index (χ2v) is 4.30. The summed E-state index contributed by atoms with van der Waals surface area (Å²) >= 11 is 0. The van der Waals surface area contributed by atoms with E-state index in [1.807, 2.05) is 0 Å². The predicted octanol–water partition coefficient (Wildman–Crippen LogP) is 0.417. The molecule has 0 aromatic carbocycles. The van der Waals surface area contributed by atoms with Gasteiger partial charge >= 0.3 is 24.3 Å². The topological polar surface area (TPSA) is 130 Å². The largest absolute Gasteiger partial charge is 0.705 e. The van der Waals surface area contributed by atoms with Crippen molar-refractivity contribution in [2.45, 2.75) is 0 Å². The Bertz CT molecular complexity index is 200. The van der Waals surface area contributed by atoms with Crippen LogP contribution in [-0.2, 0) is 48.2 Å². The van der Waals surface area contributed by atoms with E-state index in [1.165, 1.54) is 0 Å². The van der Waals surface area contributed by atoms with Crippen LogP contribution in [-0.4, -0.2) is 14.7 Å². The molecular formula is H3HfO8P3+2. The zero-order chi connectivity index (χ0) is 9.07. The molecular weight excluding hydrogens is 399 g/mol. The molecule has 0 aromatic rings. The van der Waals surface area contributed by atoms with Gasteiger partial charge in [-0.15, -0.1) is 9.79 Å². The van der Waals surface area contributed by atoms with E-state index >= 15 is 0 Å². The van der Waals surface area contributed by atoms with Crippen molar-refractivity contribution >= 4 is 24.3 Å². The molecule has 0 spiro atoms. The van der Waals surface area contributed by atoms with Gasteiger partial charge in [-0.05, 0) is 0 Å². The summed E-state index contributed by atoms with van der Waals surface area (Å²) in [5.74, 6) is 0. The number of phosphoric acid groups is 1. The average Bonchev–Trinajstić information content (AvgIpc) is 1.53. The fourth-order valence-corrected chi connectivity index (χ4v) is 1.99. The summed E-state index contributed by atoms with van der Waals surface area (Å²) in [5.41, 5.74) is 0. The van der Waals surface area contributed by atoms with Crippen LogP contribution in [0.15, 0.2) is 0 Å². The summed E-state index contributed by atoms with van der Waals surface area (Å²) in [7, 11) is -11.6. The first-order valence-electron chi connectivity index (χ1n) is 1.88. The molecule has 12 heteroatoms. The summed E-state index contributed by atoms with van der Waals surface area (Å²) in [4.78, 5) is 24.1. The number of hydrogen-bond acceptors (Lipinski definition) is 5. The summed E-state index contributed by atoms with van der Waals surface area (Å²) in [6, 6.07) is 0. The van der Waals surface area contributed by atoms with Gasteiger partial charge < -0.3 is 0 Å². The molecule has 0 bridgehead atoms. The minimum absolute atomic E-state index is 0. The first-order chi connectivity index (χ1) is 4.83. The summed E-state index contributed by atoms with van der Waals surface area (Å²) in [6.07, 6.45) is 0. The quantitative estimate of drug-likeness (QED) is 0.456. The SMILES string of the molecule is O=[P+](O)OP(=O)(O)O[P+](=O)O.[Hf]. The third-order valence-corrected chi connectivity index (χ3v) is 3.11. The third kappa shape index (κ3) is 9.19. The van der Waals surface area contributed by atoms with E-state index in [9.17, 15) is 13.7 Å². The van der Waals surface area contributed by atoms with Crippen LogP contribution in [0.25, 0.3) is 0 Å². The van der Waals surface area contributed by atoms with Crippen molar-refractivity contribution in [2.24, 2.45) is 0 Å². The summed E-state index contributed by atoms with van der Waals surface area (Å²) in [6.45, 7) is 0. The van der Waals surface area contributed by atoms with Crippen LogP contribution in [0.2, 0.25) is 0 Å². The van der Waals surface area contributed by atoms with Crippen molar-refractivity contribution in [1.29, 1.82) is 0 Å². The molecule has 0 aliphatic rings. The number of rotatable bonds is 4. The van der Waals surface area contributed by atoms with E-state index in [0.717, 1.165) is 0 Å². The fourth-order valence-electron chi connectivity index (χ4n) is 0.191. The molecule has 0 saturated heterocycles. The summed E-state index contributed by atoms with van der Waals surface area (Å²) in [5, 5.41) is 0. The van der Waals surface area contributed by atoms with Gasteiger partial charge in [0.1, 0.15) is 0 Å². The maximum Gasteiger partial charge on any atom is 0.705 e. The minimum atomic E-state index is -4.87. The monoisotopic (exact) mass is 404 g/mol. The van der Waals surface area contributed by atoms with Gasteiger partial charge in [-0.25, -0.2) is 4.57 Å². The normalized spacial score (nSPS) is 17.2. The van der Waals surface area contributed by atoms with Gasteiger partial charge in [0.05, 0.1) is 0 Å². The van der Waals surface area contributed by atoms with E-state index in [2.05, 4.69) is 8.62 Å². The second kappa shape index (κ2) is 6.54. The minimum Gasteiger partial charge on any atom is -0.297 e. The summed E-state index contributed by atoms with van der Waals surface area (Å²) < 4.78 is 36.4. The Kier molecular flexibility index (Phi) is 8.48. The molecule has 0 saturated carbocycles. The molecule has 0 rings (SSSR count). The van der Waals surface area contributed by atoms with Crippen molar-refractivity contribution in [3.63, 3.8) is 0 Å². The Balaban J connectivity index is 0. The maximum atomic E-state index is 10.3. The molecule has 3 N–H and O–H groups in total. The molecule has 8 nitrogen and oxygen atoms in total. The van der Waals surface area contributed by atoms with E-state index in [1.54, 1.807) is 0 Å². The van der Waals surface area contributed by atoms with Crippen LogP contribution in [0.5, 0.6) is 0 Å². The first kappa shape index (κ1) is 15.6. The first-order valence-corrected chi connectivity index (χ1v) is 5.63. The Hall–Kier alpha value is 1.10. The van der Waals surface area contributed by atoms with Crippen LogP contribution < -0.4 is 0 Å². The molecule has 12 heavy (non-hydrogen) atoms. The standard InChI is InChI=1S/Hf.HO8P3/c;1-9(2)7-11(5,6)8-10(3)4/h;(H-2,1,2,3,4,5,6)/p+2. The molecule has 68 valence electrons.